The minimum atomic E-state index is -0.937. The largest absolute Gasteiger partial charge is 0.478 e. The third-order valence-corrected chi connectivity index (χ3v) is 3.58. The minimum Gasteiger partial charge on any atom is -0.478 e. The average Bonchev–Trinajstić information content (AvgIpc) is 3.08. The van der Waals surface area contributed by atoms with E-state index in [4.69, 9.17) is 4.74 Å². The van der Waals surface area contributed by atoms with Gasteiger partial charge >= 0.3 is 5.97 Å². The molecule has 0 radical (unpaired) electrons. The molecule has 2 fully saturated rings. The third-order valence-electron chi connectivity index (χ3n) is 3.58. The molecule has 1 unspecified atom stereocenters. The molecule has 1 saturated carbocycles. The van der Waals surface area contributed by atoms with Gasteiger partial charge in [0.2, 0.25) is 6.17 Å². The van der Waals surface area contributed by atoms with Crippen molar-refractivity contribution in [3.63, 3.8) is 0 Å². The van der Waals surface area contributed by atoms with Gasteiger partial charge in [0.25, 0.3) is 0 Å². The number of aliphatic carboxylic acids is 1. The van der Waals surface area contributed by atoms with Crippen LogP contribution in [0.4, 0.5) is 0 Å². The Morgan fingerprint density at radius 1 is 1.56 bits per heavy atom. The first-order chi connectivity index (χ1) is 8.66. The number of hydrazine groups is 1. The lowest BCUT2D eigenvalue weighted by atomic mass is 10.1. The molecule has 1 aliphatic carbocycles. The fourth-order valence-electron chi connectivity index (χ4n) is 2.28. The molecule has 98 valence electrons. The smallest absolute Gasteiger partial charge is 0.350 e. The molecule has 1 atom stereocenters. The maximum absolute atomic E-state index is 11.2. The number of allylic oxidation sites excluding steroid dienone is 2. The quantitative estimate of drug-likeness (QED) is 0.755. The first-order valence-corrected chi connectivity index (χ1v) is 6.26. The molecule has 6 heteroatoms. The maximum atomic E-state index is 11.2. The van der Waals surface area contributed by atoms with Gasteiger partial charge < -0.3 is 9.84 Å². The third kappa shape index (κ3) is 2.02. The lowest BCUT2D eigenvalue weighted by Gasteiger charge is -2.39. The molecule has 2 aliphatic heterocycles. The Balaban J connectivity index is 1.82. The normalized spacial score (nSPS) is 28.5. The summed E-state index contributed by atoms with van der Waals surface area (Å²) in [6, 6.07) is 0.190. The van der Waals surface area contributed by atoms with Crippen molar-refractivity contribution < 1.29 is 14.6 Å². The van der Waals surface area contributed by atoms with Gasteiger partial charge in [0, 0.05) is 11.9 Å². The van der Waals surface area contributed by atoms with Crippen LogP contribution in [0.2, 0.25) is 0 Å². The van der Waals surface area contributed by atoms with Gasteiger partial charge in [0.1, 0.15) is 0 Å². The molecule has 0 spiro atoms. The van der Waals surface area contributed by atoms with E-state index in [-0.39, 0.29) is 6.04 Å². The van der Waals surface area contributed by atoms with Crippen molar-refractivity contribution in [3.05, 3.63) is 11.3 Å². The van der Waals surface area contributed by atoms with Crippen LogP contribution >= 0.6 is 0 Å². The van der Waals surface area contributed by atoms with Gasteiger partial charge in [-0.05, 0) is 31.3 Å². The molecule has 3 rings (SSSR count). The van der Waals surface area contributed by atoms with Crippen LogP contribution in [0.1, 0.15) is 19.8 Å². The molecule has 18 heavy (non-hydrogen) atoms. The number of carboxylic acids is 1. The molecule has 0 amide bonds. The molecule has 1 saturated heterocycles. The fourth-order valence-corrected chi connectivity index (χ4v) is 2.28. The summed E-state index contributed by atoms with van der Waals surface area (Å²) in [5.74, 6) is -0.376. The molecule has 0 aromatic rings. The van der Waals surface area contributed by atoms with Gasteiger partial charge in [0.05, 0.1) is 19.3 Å². The van der Waals surface area contributed by atoms with Crippen molar-refractivity contribution in [2.24, 2.45) is 10.9 Å². The number of carbonyl (C=O) groups is 1. The molecule has 0 aromatic heterocycles. The van der Waals surface area contributed by atoms with Crippen LogP contribution in [0.3, 0.4) is 0 Å². The zero-order chi connectivity index (χ0) is 12.7. The summed E-state index contributed by atoms with van der Waals surface area (Å²) >= 11 is 0. The van der Waals surface area contributed by atoms with Crippen molar-refractivity contribution in [1.29, 1.82) is 0 Å². The molecule has 0 bridgehead atoms. The van der Waals surface area contributed by atoms with Crippen LogP contribution in [-0.2, 0) is 9.53 Å². The van der Waals surface area contributed by atoms with E-state index in [2.05, 4.69) is 10.4 Å². The number of hydrogen-bond donors (Lipinski definition) is 2. The highest BCUT2D eigenvalue weighted by atomic mass is 16.5. The molecule has 2 heterocycles. The number of nitrogens with zero attached hydrogens (tertiary/aromatic N) is 2. The van der Waals surface area contributed by atoms with E-state index in [9.17, 15) is 9.90 Å². The van der Waals surface area contributed by atoms with Gasteiger partial charge in [0.15, 0.2) is 0 Å². The van der Waals surface area contributed by atoms with Crippen molar-refractivity contribution in [1.82, 2.24) is 10.4 Å². The van der Waals surface area contributed by atoms with E-state index in [1.807, 2.05) is 6.92 Å². The Morgan fingerprint density at radius 3 is 2.78 bits per heavy atom. The minimum absolute atomic E-state index is 0.190. The zero-order valence-electron chi connectivity index (χ0n) is 10.3. The highest BCUT2D eigenvalue weighted by Crippen LogP contribution is 2.39. The summed E-state index contributed by atoms with van der Waals surface area (Å²) in [6.45, 7) is 3.21. The SMILES string of the molecule is CC1=C(C2CC2)C=NC(C(=O)O)N1NC1COC1. The van der Waals surface area contributed by atoms with Crippen LogP contribution in [0.25, 0.3) is 0 Å². The molecule has 0 aromatic carbocycles. The van der Waals surface area contributed by atoms with Crippen molar-refractivity contribution in [2.75, 3.05) is 13.2 Å². The number of ether oxygens (including phenoxy) is 1. The van der Waals surface area contributed by atoms with Gasteiger partial charge in [-0.15, -0.1) is 0 Å². The molecule has 6 nitrogen and oxygen atoms in total. The highest BCUT2D eigenvalue weighted by Gasteiger charge is 2.36. The Labute approximate surface area is 105 Å². The van der Waals surface area contributed by atoms with Crippen LogP contribution in [0, 0.1) is 5.92 Å². The van der Waals surface area contributed by atoms with E-state index >= 15 is 0 Å². The van der Waals surface area contributed by atoms with E-state index in [0.29, 0.717) is 19.1 Å². The maximum Gasteiger partial charge on any atom is 0.350 e. The Hall–Kier alpha value is -1.40. The van der Waals surface area contributed by atoms with Crippen molar-refractivity contribution in [2.45, 2.75) is 32.0 Å². The lowest BCUT2D eigenvalue weighted by Crippen LogP contribution is -2.58. The summed E-state index contributed by atoms with van der Waals surface area (Å²) in [5, 5.41) is 10.9. The number of aliphatic imine (C=N–C) groups is 1. The van der Waals surface area contributed by atoms with Crippen LogP contribution < -0.4 is 5.43 Å². The van der Waals surface area contributed by atoms with E-state index in [0.717, 1.165) is 5.70 Å². The first kappa shape index (κ1) is 11.7. The summed E-state index contributed by atoms with van der Waals surface area (Å²) in [4.78, 5) is 15.4. The van der Waals surface area contributed by atoms with Crippen LogP contribution in [0.5, 0.6) is 0 Å². The second-order valence-electron chi connectivity index (χ2n) is 5.04. The van der Waals surface area contributed by atoms with Crippen LogP contribution in [0.15, 0.2) is 16.3 Å². The van der Waals surface area contributed by atoms with Crippen molar-refractivity contribution >= 4 is 12.2 Å². The number of hydrogen-bond acceptors (Lipinski definition) is 5. The first-order valence-electron chi connectivity index (χ1n) is 6.26. The Bertz CT molecular complexity index is 424. The second kappa shape index (κ2) is 4.37. The van der Waals surface area contributed by atoms with Gasteiger partial charge in [-0.25, -0.2) is 10.2 Å². The standard InChI is InChI=1S/C12H17N3O3/c1-7-10(8-2-3-8)4-13-11(12(16)17)15(7)14-9-5-18-6-9/h4,8-9,11,14H,2-3,5-6H2,1H3,(H,16,17). The van der Waals surface area contributed by atoms with E-state index in [1.165, 1.54) is 18.4 Å². The topological polar surface area (TPSA) is 74.2 Å². The zero-order valence-corrected chi connectivity index (χ0v) is 10.3. The van der Waals surface area contributed by atoms with Gasteiger partial charge in [-0.3, -0.25) is 10.0 Å². The number of nitrogens with one attached hydrogen (secondary N) is 1. The Morgan fingerprint density at radius 2 is 2.28 bits per heavy atom. The molecule has 2 N–H and O–H groups in total. The second-order valence-corrected chi connectivity index (χ2v) is 5.04. The monoisotopic (exact) mass is 251 g/mol. The van der Waals surface area contributed by atoms with Gasteiger partial charge in [-0.1, -0.05) is 0 Å². The molecule has 3 aliphatic rings. The molecular weight excluding hydrogens is 234 g/mol. The fraction of sp³-hybridized carbons (Fsp3) is 0.667. The highest BCUT2D eigenvalue weighted by molar-refractivity contribution is 5.86. The average molecular weight is 251 g/mol. The van der Waals surface area contributed by atoms with Crippen LogP contribution in [-0.4, -0.2) is 47.7 Å². The summed E-state index contributed by atoms with van der Waals surface area (Å²) in [7, 11) is 0. The molecular formula is C12H17N3O3. The van der Waals surface area contributed by atoms with Crippen molar-refractivity contribution in [3.8, 4) is 0 Å². The predicted molar refractivity (Wildman–Crippen MR) is 64.9 cm³/mol. The van der Waals surface area contributed by atoms with Gasteiger partial charge in [-0.2, -0.15) is 0 Å². The predicted octanol–water partition coefficient (Wildman–Crippen LogP) is 0.371. The lowest BCUT2D eigenvalue weighted by molar-refractivity contribution is -0.145. The van der Waals surface area contributed by atoms with E-state index < -0.39 is 12.1 Å². The van der Waals surface area contributed by atoms with E-state index in [1.54, 1.807) is 11.2 Å². The number of rotatable bonds is 4. The number of carboxylic acid groups (broad SMARTS) is 1. The summed E-state index contributed by atoms with van der Waals surface area (Å²) < 4.78 is 5.10. The summed E-state index contributed by atoms with van der Waals surface area (Å²) in [6.07, 6.45) is 3.22. The Kier molecular flexibility index (Phi) is 2.83. The summed E-state index contributed by atoms with van der Waals surface area (Å²) in [5.41, 5.74) is 5.35.